The van der Waals surface area contributed by atoms with Gasteiger partial charge in [-0.1, -0.05) is 17.7 Å². The van der Waals surface area contributed by atoms with Crippen LogP contribution in [0.3, 0.4) is 0 Å². The number of halogens is 1. The molecular weight excluding hydrogens is 316 g/mol. The maximum absolute atomic E-state index is 12.7. The molecule has 1 aliphatic rings. The summed E-state index contributed by atoms with van der Waals surface area (Å²) in [6.07, 6.45) is 4.33. The van der Waals surface area contributed by atoms with Gasteiger partial charge < -0.3 is 9.47 Å². The molecule has 1 aromatic heterocycles. The summed E-state index contributed by atoms with van der Waals surface area (Å²) in [7, 11) is 1.82. The third kappa shape index (κ3) is 2.52. The van der Waals surface area contributed by atoms with E-state index in [0.29, 0.717) is 6.04 Å². The monoisotopic (exact) mass is 332 g/mol. The molecule has 104 valence electrons. The molecule has 3 rings (SSSR count). The summed E-state index contributed by atoms with van der Waals surface area (Å²) in [6, 6.07) is 10.4. The van der Waals surface area contributed by atoms with Gasteiger partial charge in [-0.25, -0.2) is 0 Å². The second-order valence-electron chi connectivity index (χ2n) is 5.38. The molecule has 1 aliphatic carbocycles. The Morgan fingerprint density at radius 2 is 1.95 bits per heavy atom. The fraction of sp³-hybridized carbons (Fsp3) is 0.312. The van der Waals surface area contributed by atoms with Crippen molar-refractivity contribution in [1.29, 1.82) is 0 Å². The topological polar surface area (TPSA) is 25.2 Å². The van der Waals surface area contributed by atoms with Crippen molar-refractivity contribution in [1.82, 2.24) is 4.57 Å². The molecule has 0 aliphatic heterocycles. The highest BCUT2D eigenvalue weighted by Gasteiger charge is 2.29. The summed E-state index contributed by atoms with van der Waals surface area (Å²) in [6.45, 7) is 2.04. The summed E-state index contributed by atoms with van der Waals surface area (Å²) in [5.41, 5.74) is 2.86. The molecule has 0 N–H and O–H groups in total. The number of aromatic nitrogens is 1. The van der Waals surface area contributed by atoms with Crippen molar-refractivity contribution in [2.24, 2.45) is 0 Å². The highest BCUT2D eigenvalue weighted by molar-refractivity contribution is 9.10. The first kappa shape index (κ1) is 13.4. The van der Waals surface area contributed by atoms with Crippen LogP contribution >= 0.6 is 15.9 Å². The molecular formula is C16H17BrN2O. The van der Waals surface area contributed by atoms with E-state index in [-0.39, 0.29) is 5.91 Å². The van der Waals surface area contributed by atoms with Gasteiger partial charge in [0.1, 0.15) is 5.69 Å². The van der Waals surface area contributed by atoms with Crippen molar-refractivity contribution in [3.63, 3.8) is 0 Å². The van der Waals surface area contributed by atoms with E-state index in [9.17, 15) is 4.79 Å². The van der Waals surface area contributed by atoms with E-state index < -0.39 is 0 Å². The maximum Gasteiger partial charge on any atom is 0.274 e. The highest BCUT2D eigenvalue weighted by atomic mass is 79.9. The Kier molecular flexibility index (Phi) is 3.42. The summed E-state index contributed by atoms with van der Waals surface area (Å²) < 4.78 is 3.06. The third-order valence-electron chi connectivity index (χ3n) is 3.70. The van der Waals surface area contributed by atoms with E-state index in [1.807, 2.05) is 50.5 Å². The fourth-order valence-corrected chi connectivity index (χ4v) is 2.77. The predicted molar refractivity (Wildman–Crippen MR) is 84.3 cm³/mol. The smallest absolute Gasteiger partial charge is 0.274 e. The van der Waals surface area contributed by atoms with Gasteiger partial charge in [0, 0.05) is 29.4 Å². The van der Waals surface area contributed by atoms with Gasteiger partial charge in [-0.2, -0.15) is 0 Å². The minimum atomic E-state index is 0.0338. The Labute approximate surface area is 127 Å². The summed E-state index contributed by atoms with van der Waals surface area (Å²) >= 11 is 3.47. The molecule has 4 heteroatoms. The van der Waals surface area contributed by atoms with Gasteiger partial charge in [0.25, 0.3) is 5.91 Å². The molecule has 0 saturated heterocycles. The largest absolute Gasteiger partial charge is 0.339 e. The molecule has 3 nitrogen and oxygen atoms in total. The quantitative estimate of drug-likeness (QED) is 0.828. The molecule has 2 aromatic rings. The van der Waals surface area contributed by atoms with Gasteiger partial charge in [0.05, 0.1) is 0 Å². The van der Waals surface area contributed by atoms with Crippen LogP contribution in [0.5, 0.6) is 0 Å². The predicted octanol–water partition coefficient (Wildman–Crippen LogP) is 4.17. The number of aryl methyl sites for hydroxylation is 1. The Morgan fingerprint density at radius 3 is 2.55 bits per heavy atom. The molecule has 1 heterocycles. The van der Waals surface area contributed by atoms with E-state index in [1.165, 1.54) is 5.56 Å². The molecule has 1 aromatic carbocycles. The molecule has 0 radical (unpaired) electrons. The zero-order valence-electron chi connectivity index (χ0n) is 11.6. The van der Waals surface area contributed by atoms with Gasteiger partial charge in [0.15, 0.2) is 0 Å². The first-order valence-electron chi connectivity index (χ1n) is 6.78. The van der Waals surface area contributed by atoms with Crippen LogP contribution in [0.2, 0.25) is 0 Å². The van der Waals surface area contributed by atoms with Gasteiger partial charge in [-0.3, -0.25) is 4.79 Å². The van der Waals surface area contributed by atoms with Crippen molar-refractivity contribution in [2.45, 2.75) is 25.8 Å². The summed E-state index contributed by atoms with van der Waals surface area (Å²) in [4.78, 5) is 14.4. The van der Waals surface area contributed by atoms with Crippen LogP contribution in [0.25, 0.3) is 0 Å². The van der Waals surface area contributed by atoms with Gasteiger partial charge in [-0.15, -0.1) is 0 Å². The van der Waals surface area contributed by atoms with Crippen molar-refractivity contribution in [2.75, 3.05) is 11.9 Å². The van der Waals surface area contributed by atoms with Crippen LogP contribution in [-0.4, -0.2) is 17.5 Å². The average Bonchev–Trinajstić information content (AvgIpc) is 3.21. The Bertz CT molecular complexity index is 641. The second-order valence-corrected chi connectivity index (χ2v) is 6.30. The lowest BCUT2D eigenvalue weighted by molar-refractivity contribution is 0.0984. The zero-order chi connectivity index (χ0) is 14.3. The van der Waals surface area contributed by atoms with Crippen molar-refractivity contribution < 1.29 is 4.79 Å². The summed E-state index contributed by atoms with van der Waals surface area (Å²) in [5, 5.41) is 0. The molecule has 0 spiro atoms. The molecule has 1 fully saturated rings. The van der Waals surface area contributed by atoms with Crippen LogP contribution in [0.15, 0.2) is 41.0 Å². The lowest BCUT2D eigenvalue weighted by Gasteiger charge is -2.18. The minimum absolute atomic E-state index is 0.0338. The number of amides is 1. The highest BCUT2D eigenvalue weighted by Crippen LogP contribution is 2.37. The molecule has 0 atom stereocenters. The molecule has 0 unspecified atom stereocenters. The van der Waals surface area contributed by atoms with Crippen LogP contribution in [0, 0.1) is 6.92 Å². The van der Waals surface area contributed by atoms with Crippen molar-refractivity contribution >= 4 is 27.5 Å². The number of rotatable bonds is 3. The average molecular weight is 333 g/mol. The molecule has 0 bridgehead atoms. The maximum atomic E-state index is 12.7. The number of benzene rings is 1. The number of hydrogen-bond acceptors (Lipinski definition) is 1. The van der Waals surface area contributed by atoms with Crippen LogP contribution in [-0.2, 0) is 0 Å². The van der Waals surface area contributed by atoms with E-state index in [0.717, 1.165) is 28.7 Å². The first-order valence-corrected chi connectivity index (χ1v) is 7.57. The van der Waals surface area contributed by atoms with Crippen LogP contribution < -0.4 is 4.90 Å². The Hall–Kier alpha value is -1.55. The Balaban J connectivity index is 1.90. The van der Waals surface area contributed by atoms with E-state index in [4.69, 9.17) is 0 Å². The molecule has 1 saturated carbocycles. The van der Waals surface area contributed by atoms with E-state index in [2.05, 4.69) is 20.5 Å². The number of carbonyl (C=O) groups is 1. The van der Waals surface area contributed by atoms with Crippen LogP contribution in [0.1, 0.15) is 34.9 Å². The lowest BCUT2D eigenvalue weighted by Crippen LogP contribution is -2.28. The number of hydrogen-bond donors (Lipinski definition) is 0. The minimum Gasteiger partial charge on any atom is -0.339 e. The van der Waals surface area contributed by atoms with Crippen molar-refractivity contribution in [3.8, 4) is 0 Å². The third-order valence-corrected chi connectivity index (χ3v) is 4.13. The van der Waals surface area contributed by atoms with Gasteiger partial charge in [0.2, 0.25) is 0 Å². The van der Waals surface area contributed by atoms with E-state index >= 15 is 0 Å². The normalized spacial score (nSPS) is 14.3. The molecule has 20 heavy (non-hydrogen) atoms. The van der Waals surface area contributed by atoms with Gasteiger partial charge in [-0.05, 0) is 53.9 Å². The van der Waals surface area contributed by atoms with Gasteiger partial charge >= 0.3 is 0 Å². The van der Waals surface area contributed by atoms with Crippen molar-refractivity contribution in [3.05, 3.63) is 52.3 Å². The standard InChI is InChI=1S/C16H17BrN2O/c1-11-3-5-13(6-4-11)18(2)16(20)15-9-12(17)10-19(15)14-7-8-14/h3-6,9-10,14H,7-8H2,1-2H3. The number of nitrogens with zero attached hydrogens (tertiary/aromatic N) is 2. The van der Waals surface area contributed by atoms with Crippen LogP contribution in [0.4, 0.5) is 5.69 Å². The lowest BCUT2D eigenvalue weighted by atomic mass is 10.2. The number of carbonyl (C=O) groups excluding carboxylic acids is 1. The number of anilines is 1. The Morgan fingerprint density at radius 1 is 1.30 bits per heavy atom. The molecule has 1 amide bonds. The SMILES string of the molecule is Cc1ccc(N(C)C(=O)c2cc(Br)cn2C2CC2)cc1. The van der Waals surface area contributed by atoms with E-state index in [1.54, 1.807) is 4.90 Å². The second kappa shape index (κ2) is 5.09. The fourth-order valence-electron chi connectivity index (χ4n) is 2.33. The summed E-state index contributed by atoms with van der Waals surface area (Å²) in [5.74, 6) is 0.0338. The first-order chi connectivity index (χ1) is 9.56. The zero-order valence-corrected chi connectivity index (χ0v) is 13.2.